The monoisotopic (exact) mass is 387 g/mol. The Hall–Kier alpha value is -3.16. The topological polar surface area (TPSA) is 57.0 Å². The second kappa shape index (κ2) is 7.10. The fourth-order valence-corrected chi connectivity index (χ4v) is 3.22. The minimum Gasteiger partial charge on any atom is -0.461 e. The van der Waals surface area contributed by atoms with Gasteiger partial charge in [0.2, 0.25) is 0 Å². The van der Waals surface area contributed by atoms with E-state index in [0.29, 0.717) is 12.2 Å². The molecule has 2 aromatic heterocycles. The zero-order valence-electron chi connectivity index (χ0n) is 14.6. The summed E-state index contributed by atoms with van der Waals surface area (Å²) in [5.41, 5.74) is 0.192. The molecule has 1 aromatic carbocycles. The molecule has 1 aliphatic rings. The van der Waals surface area contributed by atoms with Gasteiger partial charge < -0.3 is 4.74 Å². The van der Waals surface area contributed by atoms with E-state index in [0.717, 1.165) is 11.6 Å². The molecule has 0 bridgehead atoms. The molecule has 28 heavy (non-hydrogen) atoms. The molecule has 5 nitrogen and oxygen atoms in total. The van der Waals surface area contributed by atoms with Crippen molar-refractivity contribution in [1.29, 1.82) is 0 Å². The molecule has 1 aliphatic carbocycles. The minimum absolute atomic E-state index is 0.0275. The Morgan fingerprint density at radius 1 is 1.18 bits per heavy atom. The molecular weight excluding hydrogens is 371 g/mol. The van der Waals surface area contributed by atoms with Crippen LogP contribution in [0.2, 0.25) is 0 Å². The van der Waals surface area contributed by atoms with Crippen molar-refractivity contribution in [3.8, 4) is 5.82 Å². The molecule has 0 radical (unpaired) electrons. The fraction of sp³-hybridized carbons (Fsp3) is 0.250. The quantitative estimate of drug-likeness (QED) is 0.618. The number of alkyl halides is 3. The molecule has 3 aromatic rings. The standard InChI is InChI=1S/C20H16F3N3O2/c21-20(22,23)17-5-2-1-4-14(17)15-11-16(15)19(27)28-12-13-6-8-24-18(10-13)26-9-3-7-25-26/h1-10,15-16H,11-12H2. The van der Waals surface area contributed by atoms with E-state index >= 15 is 0 Å². The number of ether oxygens (including phenoxy) is 1. The van der Waals surface area contributed by atoms with Crippen LogP contribution in [0, 0.1) is 5.92 Å². The smallest absolute Gasteiger partial charge is 0.416 e. The third-order valence-electron chi connectivity index (χ3n) is 4.69. The third kappa shape index (κ3) is 3.76. The van der Waals surface area contributed by atoms with Crippen LogP contribution < -0.4 is 0 Å². The lowest BCUT2D eigenvalue weighted by molar-refractivity contribution is -0.147. The fourth-order valence-electron chi connectivity index (χ4n) is 3.22. The number of carbonyl (C=O) groups is 1. The lowest BCUT2D eigenvalue weighted by Gasteiger charge is -2.12. The van der Waals surface area contributed by atoms with Crippen LogP contribution in [0.15, 0.2) is 61.1 Å². The van der Waals surface area contributed by atoms with Gasteiger partial charge in [0.15, 0.2) is 5.82 Å². The van der Waals surface area contributed by atoms with Crippen molar-refractivity contribution in [1.82, 2.24) is 14.8 Å². The van der Waals surface area contributed by atoms with Gasteiger partial charge in [0.05, 0.1) is 11.5 Å². The lowest BCUT2D eigenvalue weighted by atomic mass is 10.0. The van der Waals surface area contributed by atoms with E-state index in [9.17, 15) is 18.0 Å². The van der Waals surface area contributed by atoms with Crippen molar-refractivity contribution in [3.05, 3.63) is 77.7 Å². The van der Waals surface area contributed by atoms with Crippen LogP contribution in [-0.4, -0.2) is 20.7 Å². The highest BCUT2D eigenvalue weighted by Gasteiger charge is 2.48. The summed E-state index contributed by atoms with van der Waals surface area (Å²) in [4.78, 5) is 16.5. The second-order valence-electron chi connectivity index (χ2n) is 6.61. The average molecular weight is 387 g/mol. The molecule has 0 saturated heterocycles. The third-order valence-corrected chi connectivity index (χ3v) is 4.69. The summed E-state index contributed by atoms with van der Waals surface area (Å²) >= 11 is 0. The highest BCUT2D eigenvalue weighted by atomic mass is 19.4. The Labute approximate surface area is 158 Å². The largest absolute Gasteiger partial charge is 0.461 e. The number of carbonyl (C=O) groups excluding carboxylic acids is 1. The van der Waals surface area contributed by atoms with Crippen molar-refractivity contribution in [2.45, 2.75) is 25.1 Å². The van der Waals surface area contributed by atoms with Gasteiger partial charge >= 0.3 is 12.1 Å². The van der Waals surface area contributed by atoms with Crippen molar-refractivity contribution < 1.29 is 22.7 Å². The summed E-state index contributed by atoms with van der Waals surface area (Å²) in [6, 6.07) is 10.6. The Bertz CT molecular complexity index is 986. The molecule has 2 heterocycles. The summed E-state index contributed by atoms with van der Waals surface area (Å²) in [5.74, 6) is -0.903. The van der Waals surface area contributed by atoms with Gasteiger partial charge in [-0.05, 0) is 47.7 Å². The molecule has 0 amide bonds. The van der Waals surface area contributed by atoms with Gasteiger partial charge in [-0.15, -0.1) is 0 Å². The van der Waals surface area contributed by atoms with Gasteiger partial charge in [-0.2, -0.15) is 18.3 Å². The maximum atomic E-state index is 13.2. The Kier molecular flexibility index (Phi) is 4.62. The molecule has 0 N–H and O–H groups in total. The molecule has 1 saturated carbocycles. The number of aromatic nitrogens is 3. The van der Waals surface area contributed by atoms with Crippen LogP contribution in [0.5, 0.6) is 0 Å². The predicted octanol–water partition coefficient (Wildman–Crippen LogP) is 4.13. The molecule has 144 valence electrons. The van der Waals surface area contributed by atoms with Crippen LogP contribution in [0.4, 0.5) is 13.2 Å². The average Bonchev–Trinajstić information content (AvgIpc) is 3.30. The predicted molar refractivity (Wildman–Crippen MR) is 93.4 cm³/mol. The van der Waals surface area contributed by atoms with Gasteiger partial charge in [-0.3, -0.25) is 4.79 Å². The summed E-state index contributed by atoms with van der Waals surface area (Å²) < 4.78 is 46.4. The number of pyridine rings is 1. The van der Waals surface area contributed by atoms with Crippen LogP contribution in [0.3, 0.4) is 0 Å². The number of hydrogen-bond donors (Lipinski definition) is 0. The van der Waals surface area contributed by atoms with Crippen LogP contribution in [-0.2, 0) is 22.3 Å². The van der Waals surface area contributed by atoms with Crippen molar-refractivity contribution in [2.24, 2.45) is 5.92 Å². The van der Waals surface area contributed by atoms with Crippen LogP contribution >= 0.6 is 0 Å². The highest BCUT2D eigenvalue weighted by molar-refractivity contribution is 5.77. The number of nitrogens with zero attached hydrogens (tertiary/aromatic N) is 3. The molecule has 0 spiro atoms. The number of halogens is 3. The first-order valence-corrected chi connectivity index (χ1v) is 8.71. The Morgan fingerprint density at radius 3 is 2.75 bits per heavy atom. The van der Waals surface area contributed by atoms with E-state index in [-0.39, 0.29) is 12.2 Å². The summed E-state index contributed by atoms with van der Waals surface area (Å²) in [6.07, 6.45) is 0.874. The van der Waals surface area contributed by atoms with Crippen LogP contribution in [0.1, 0.15) is 29.0 Å². The van der Waals surface area contributed by atoms with Gasteiger partial charge in [0.25, 0.3) is 0 Å². The van der Waals surface area contributed by atoms with E-state index < -0.39 is 29.5 Å². The SMILES string of the molecule is O=C(OCc1ccnc(-n2cccn2)c1)C1CC1c1ccccc1C(F)(F)F. The lowest BCUT2D eigenvalue weighted by Crippen LogP contribution is -2.11. The number of hydrogen-bond acceptors (Lipinski definition) is 4. The molecule has 1 fully saturated rings. The van der Waals surface area contributed by atoms with Crippen molar-refractivity contribution in [3.63, 3.8) is 0 Å². The van der Waals surface area contributed by atoms with Crippen molar-refractivity contribution >= 4 is 5.97 Å². The number of benzene rings is 1. The molecule has 4 rings (SSSR count). The molecule has 8 heteroatoms. The first kappa shape index (κ1) is 18.2. The molecule has 2 unspecified atom stereocenters. The van der Waals surface area contributed by atoms with Crippen molar-refractivity contribution in [2.75, 3.05) is 0 Å². The number of esters is 1. The van der Waals surface area contributed by atoms with Gasteiger partial charge in [0.1, 0.15) is 6.61 Å². The molecule has 0 aliphatic heterocycles. The summed E-state index contributed by atoms with van der Waals surface area (Å²) in [5, 5.41) is 4.09. The molecule has 2 atom stereocenters. The summed E-state index contributed by atoms with van der Waals surface area (Å²) in [7, 11) is 0. The second-order valence-corrected chi connectivity index (χ2v) is 6.61. The Balaban J connectivity index is 1.40. The van der Waals surface area contributed by atoms with E-state index in [1.165, 1.54) is 12.1 Å². The first-order valence-electron chi connectivity index (χ1n) is 8.71. The maximum absolute atomic E-state index is 13.2. The maximum Gasteiger partial charge on any atom is 0.416 e. The normalized spacial score (nSPS) is 18.7. The van der Waals surface area contributed by atoms with Gasteiger partial charge in [0, 0.05) is 18.6 Å². The van der Waals surface area contributed by atoms with Gasteiger partial charge in [-0.25, -0.2) is 9.67 Å². The van der Waals surface area contributed by atoms with Gasteiger partial charge in [-0.1, -0.05) is 18.2 Å². The highest BCUT2D eigenvalue weighted by Crippen LogP contribution is 2.51. The van der Waals surface area contributed by atoms with E-state index in [4.69, 9.17) is 4.74 Å². The molecular formula is C20H16F3N3O2. The zero-order valence-corrected chi connectivity index (χ0v) is 14.6. The van der Waals surface area contributed by atoms with E-state index in [1.54, 1.807) is 47.5 Å². The number of rotatable bonds is 5. The van der Waals surface area contributed by atoms with E-state index in [1.807, 2.05) is 0 Å². The summed E-state index contributed by atoms with van der Waals surface area (Å²) in [6.45, 7) is 0.0275. The van der Waals surface area contributed by atoms with Crippen LogP contribution in [0.25, 0.3) is 5.82 Å². The zero-order chi connectivity index (χ0) is 19.7. The Morgan fingerprint density at radius 2 is 2.00 bits per heavy atom. The first-order chi connectivity index (χ1) is 13.4. The minimum atomic E-state index is -4.44. The van der Waals surface area contributed by atoms with E-state index in [2.05, 4.69) is 10.1 Å².